The first-order chi connectivity index (χ1) is 24.1. The molecule has 2 atom stereocenters. The normalized spacial score (nSPS) is 17.9. The summed E-state index contributed by atoms with van der Waals surface area (Å²) in [4.78, 5) is 40.6. The quantitative estimate of drug-likeness (QED) is 0.0561. The largest absolute Gasteiger partial charge is 0.756 e. The molecule has 50 heavy (non-hydrogen) atoms. The van der Waals surface area contributed by atoms with Gasteiger partial charge in [0.2, 0.25) is 0 Å². The van der Waals surface area contributed by atoms with Gasteiger partial charge in [0.15, 0.2) is 6.61 Å². The third-order valence-corrected chi connectivity index (χ3v) is 10.6. The van der Waals surface area contributed by atoms with Crippen LogP contribution in [0.1, 0.15) is 114 Å². The third kappa shape index (κ3) is 22.1. The van der Waals surface area contributed by atoms with E-state index >= 15 is 0 Å². The van der Waals surface area contributed by atoms with Gasteiger partial charge in [-0.25, -0.2) is 0 Å². The van der Waals surface area contributed by atoms with Gasteiger partial charge in [-0.15, -0.1) is 0 Å². The molecule has 1 fully saturated rings. The maximum atomic E-state index is 11.7. The number of nitrogens with zero attached hydrogens (tertiary/aromatic N) is 3. The Labute approximate surface area is 302 Å². The number of hydrogen-bond acceptors (Lipinski definition) is 9. The maximum absolute atomic E-state index is 11.7. The van der Waals surface area contributed by atoms with Crippen molar-refractivity contribution in [2.75, 3.05) is 66.1 Å². The van der Waals surface area contributed by atoms with E-state index in [4.69, 9.17) is 4.52 Å². The summed E-state index contributed by atoms with van der Waals surface area (Å²) < 4.78 is 20.5. The van der Waals surface area contributed by atoms with Gasteiger partial charge in [-0.2, -0.15) is 0 Å². The Morgan fingerprint density at radius 2 is 1.22 bits per heavy atom. The van der Waals surface area contributed by atoms with Crippen molar-refractivity contribution in [3.8, 4) is 0 Å². The second-order valence-corrected chi connectivity index (χ2v) is 15.4. The van der Waals surface area contributed by atoms with Crippen LogP contribution in [0.2, 0.25) is 0 Å². The third-order valence-electron chi connectivity index (χ3n) is 9.60. The number of carboxylic acids is 2. The summed E-state index contributed by atoms with van der Waals surface area (Å²) in [5.41, 5.74) is 2.49. The van der Waals surface area contributed by atoms with Crippen molar-refractivity contribution >= 4 is 19.8 Å². The van der Waals surface area contributed by atoms with E-state index in [9.17, 15) is 29.3 Å². The number of carboxylic acid groups (broad SMARTS) is 2. The van der Waals surface area contributed by atoms with Crippen LogP contribution < -0.4 is 4.89 Å². The van der Waals surface area contributed by atoms with E-state index in [-0.39, 0.29) is 32.3 Å². The molecule has 0 saturated carbocycles. The van der Waals surface area contributed by atoms with Gasteiger partial charge in [-0.3, -0.25) is 28.5 Å². The Bertz CT molecular complexity index is 1090. The van der Waals surface area contributed by atoms with Gasteiger partial charge in [0.05, 0.1) is 26.6 Å². The average molecular weight is 724 g/mol. The van der Waals surface area contributed by atoms with Crippen LogP contribution >= 0.6 is 7.82 Å². The van der Waals surface area contributed by atoms with Gasteiger partial charge in [0, 0.05) is 38.8 Å². The van der Waals surface area contributed by atoms with E-state index < -0.39 is 19.8 Å². The highest BCUT2D eigenvalue weighted by Crippen LogP contribution is 2.38. The zero-order chi connectivity index (χ0) is 36.5. The number of phosphoric acid groups is 1. The van der Waals surface area contributed by atoms with Crippen LogP contribution in [-0.4, -0.2) is 109 Å². The Hall–Kier alpha value is -1.98. The van der Waals surface area contributed by atoms with Crippen LogP contribution in [-0.2, 0) is 36.0 Å². The van der Waals surface area contributed by atoms with E-state index in [0.717, 1.165) is 44.3 Å². The number of unbranched alkanes of at least 4 members (excludes halogenated alkanes) is 15. The topological polar surface area (TPSA) is 143 Å². The number of rotatable bonds is 28. The van der Waals surface area contributed by atoms with Crippen molar-refractivity contribution in [2.45, 2.75) is 122 Å². The van der Waals surface area contributed by atoms with Gasteiger partial charge in [-0.1, -0.05) is 114 Å². The number of phosphoric ester groups is 1. The monoisotopic (exact) mass is 723 g/mol. The van der Waals surface area contributed by atoms with Crippen molar-refractivity contribution < 1.29 is 38.3 Å². The molecule has 0 spiro atoms. The van der Waals surface area contributed by atoms with E-state index in [1.165, 1.54) is 89.0 Å². The van der Waals surface area contributed by atoms with E-state index in [0.29, 0.717) is 26.1 Å². The molecule has 11 nitrogen and oxygen atoms in total. The zero-order valence-electron chi connectivity index (χ0n) is 30.8. The first-order valence-corrected chi connectivity index (χ1v) is 20.6. The predicted octanol–water partition coefficient (Wildman–Crippen LogP) is 6.44. The number of aliphatic carboxylic acids is 2. The molecule has 1 aromatic carbocycles. The minimum Gasteiger partial charge on any atom is -0.756 e. The highest BCUT2D eigenvalue weighted by molar-refractivity contribution is 7.45. The molecule has 2 rings (SSSR count). The fourth-order valence-electron chi connectivity index (χ4n) is 6.67. The van der Waals surface area contributed by atoms with Gasteiger partial charge >= 0.3 is 11.9 Å². The summed E-state index contributed by atoms with van der Waals surface area (Å²) in [5.74, 6) is -1.72. The van der Waals surface area contributed by atoms with E-state index in [2.05, 4.69) is 40.6 Å². The number of aryl methyl sites for hydroxylation is 1. The summed E-state index contributed by atoms with van der Waals surface area (Å²) >= 11 is 0. The molecule has 1 aliphatic rings. The Balaban J connectivity index is 1.52. The van der Waals surface area contributed by atoms with Crippen molar-refractivity contribution in [1.29, 1.82) is 0 Å². The smallest absolute Gasteiger partial charge is 0.317 e. The number of benzene rings is 1. The number of carbonyl (C=O) groups is 2. The zero-order valence-corrected chi connectivity index (χ0v) is 31.7. The van der Waals surface area contributed by atoms with Crippen LogP contribution in [0.4, 0.5) is 0 Å². The SMILES string of the molecule is [CH2+]COP(=O)([O-])OCCCCCCCCCCCCCCCCCCc1ccc(CC2CN(CC(=O)O)CCN(C)CCN2CC(=O)O)cc1. The standard InChI is InChI=1S/C38H66N3O8P/c1-3-48-50(46,47)49-29-19-17-15-13-11-9-7-5-4-6-8-10-12-14-16-18-20-34-21-23-35(24-22-34)30-36-31-40(32-37(42)43)27-25-39(2)26-28-41(36)33-38(44)45/h21-24,36H,1,3-20,25-33H2,2H3,(H2-,42,43,44,45,46,47). The van der Waals surface area contributed by atoms with Crippen LogP contribution in [0, 0.1) is 6.92 Å². The fraction of sp³-hybridized carbons (Fsp3) is 0.763. The van der Waals surface area contributed by atoms with Crippen molar-refractivity contribution in [2.24, 2.45) is 0 Å². The molecular weight excluding hydrogens is 657 g/mol. The van der Waals surface area contributed by atoms with Crippen molar-refractivity contribution in [3.05, 3.63) is 42.3 Å². The van der Waals surface area contributed by atoms with Gasteiger partial charge in [0.1, 0.15) is 0 Å². The highest BCUT2D eigenvalue weighted by atomic mass is 31.2. The molecule has 1 aromatic rings. The van der Waals surface area contributed by atoms with Gasteiger partial charge in [0.25, 0.3) is 7.82 Å². The fourth-order valence-corrected chi connectivity index (χ4v) is 7.32. The molecule has 0 radical (unpaired) electrons. The molecule has 1 heterocycles. The molecule has 2 unspecified atom stereocenters. The number of likely N-dealkylation sites (N-methyl/N-ethyl adjacent to an activating group) is 1. The van der Waals surface area contributed by atoms with E-state index in [1.807, 2.05) is 16.8 Å². The van der Waals surface area contributed by atoms with Crippen LogP contribution in [0.5, 0.6) is 0 Å². The van der Waals surface area contributed by atoms with Crippen LogP contribution in [0.3, 0.4) is 0 Å². The lowest BCUT2D eigenvalue weighted by molar-refractivity contribution is -0.224. The van der Waals surface area contributed by atoms with Crippen molar-refractivity contribution in [3.63, 3.8) is 0 Å². The molecule has 0 amide bonds. The molecule has 0 bridgehead atoms. The second kappa shape index (κ2) is 26.7. The molecule has 0 aliphatic carbocycles. The highest BCUT2D eigenvalue weighted by Gasteiger charge is 2.26. The lowest BCUT2D eigenvalue weighted by atomic mass is 9.99. The summed E-state index contributed by atoms with van der Waals surface area (Å²) in [5, 5.41) is 19.0. The Morgan fingerprint density at radius 3 is 1.74 bits per heavy atom. The molecule has 1 aliphatic heterocycles. The summed E-state index contributed by atoms with van der Waals surface area (Å²) in [6, 6.07) is 8.65. The predicted molar refractivity (Wildman–Crippen MR) is 197 cm³/mol. The number of hydrogen-bond donors (Lipinski definition) is 2. The first-order valence-electron chi connectivity index (χ1n) is 19.1. The summed E-state index contributed by atoms with van der Waals surface area (Å²) in [7, 11) is -2.15. The molecule has 0 aromatic heterocycles. The lowest BCUT2D eigenvalue weighted by Crippen LogP contribution is -2.48. The van der Waals surface area contributed by atoms with Crippen molar-refractivity contribution in [1.82, 2.24) is 14.7 Å². The molecule has 12 heteroatoms. The Kier molecular flexibility index (Phi) is 23.6. The molecule has 2 N–H and O–H groups in total. The minimum absolute atomic E-state index is 0.0413. The summed E-state index contributed by atoms with van der Waals surface area (Å²) in [6.45, 7) is 6.63. The molecule has 286 valence electrons. The van der Waals surface area contributed by atoms with Gasteiger partial charge < -0.3 is 24.5 Å². The summed E-state index contributed by atoms with van der Waals surface area (Å²) in [6.07, 6.45) is 21.3. The minimum atomic E-state index is -4.15. The van der Waals surface area contributed by atoms with Crippen LogP contribution in [0.15, 0.2) is 24.3 Å². The maximum Gasteiger partial charge on any atom is 0.317 e. The Morgan fingerprint density at radius 1 is 0.740 bits per heavy atom. The van der Waals surface area contributed by atoms with E-state index in [1.54, 1.807) is 0 Å². The lowest BCUT2D eigenvalue weighted by Gasteiger charge is -2.33. The average Bonchev–Trinajstić information content (AvgIpc) is 3.12. The second-order valence-electron chi connectivity index (χ2n) is 14.0. The first kappa shape index (κ1) is 44.2. The van der Waals surface area contributed by atoms with Crippen LogP contribution in [0.25, 0.3) is 0 Å². The molecular formula is C38H66N3O8P. The molecule has 1 saturated heterocycles. The van der Waals surface area contributed by atoms with Gasteiger partial charge in [-0.05, 0) is 43.9 Å².